The van der Waals surface area contributed by atoms with Crippen LogP contribution in [0.15, 0.2) is 48.5 Å². The van der Waals surface area contributed by atoms with E-state index >= 15 is 0 Å². The molecule has 0 aliphatic carbocycles. The highest BCUT2D eigenvalue weighted by Crippen LogP contribution is 2.23. The topological polar surface area (TPSA) is 58.6 Å². The number of benzene rings is 2. The normalized spacial score (nSPS) is 13.9. The summed E-state index contributed by atoms with van der Waals surface area (Å²) in [5, 5.41) is 3.37. The third-order valence-electron chi connectivity index (χ3n) is 3.72. The number of rotatable bonds is 5. The van der Waals surface area contributed by atoms with Crippen LogP contribution in [0.2, 0.25) is 5.02 Å². The zero-order valence-corrected chi connectivity index (χ0v) is 13.8. The van der Waals surface area contributed by atoms with Crippen LogP contribution in [0.3, 0.4) is 0 Å². The second kappa shape index (κ2) is 7.36. The summed E-state index contributed by atoms with van der Waals surface area (Å²) in [6.07, 6.45) is 1.49. The van der Waals surface area contributed by atoms with Gasteiger partial charge in [0.05, 0.1) is 0 Å². The summed E-state index contributed by atoms with van der Waals surface area (Å²) in [5.74, 6) is 0.468. The monoisotopic (exact) mass is 344 g/mol. The Kier molecular flexibility index (Phi) is 5.01. The van der Waals surface area contributed by atoms with Crippen molar-refractivity contribution in [3.63, 3.8) is 0 Å². The van der Waals surface area contributed by atoms with Crippen molar-refractivity contribution in [3.05, 3.63) is 53.6 Å². The molecule has 0 radical (unpaired) electrons. The lowest BCUT2D eigenvalue weighted by molar-refractivity contribution is -0.118. The number of hydrogen-bond acceptors (Lipinski definition) is 3. The number of hydrogen-bond donors (Lipinski definition) is 1. The molecule has 24 heavy (non-hydrogen) atoms. The summed E-state index contributed by atoms with van der Waals surface area (Å²) in [4.78, 5) is 25.4. The molecule has 1 heterocycles. The molecule has 0 aromatic heterocycles. The standard InChI is InChI=1S/C18H17ClN2O3/c19-13-3-9-16(10-4-13)24-12-17(22)20-14-5-7-15(8-6-14)21-11-1-2-18(21)23/h3-10H,1-2,11-12H2,(H,20,22). The lowest BCUT2D eigenvalue weighted by Gasteiger charge is -2.16. The van der Waals surface area contributed by atoms with E-state index in [1.165, 1.54) is 0 Å². The van der Waals surface area contributed by atoms with E-state index in [0.717, 1.165) is 18.7 Å². The number of ether oxygens (including phenoxy) is 1. The van der Waals surface area contributed by atoms with Gasteiger partial charge >= 0.3 is 0 Å². The van der Waals surface area contributed by atoms with Gasteiger partial charge in [-0.1, -0.05) is 11.6 Å². The maximum absolute atomic E-state index is 11.9. The Morgan fingerprint density at radius 2 is 1.83 bits per heavy atom. The van der Waals surface area contributed by atoms with Crippen molar-refractivity contribution in [1.82, 2.24) is 0 Å². The second-order valence-electron chi connectivity index (χ2n) is 5.49. The molecular formula is C18H17ClN2O3. The quantitative estimate of drug-likeness (QED) is 0.903. The van der Waals surface area contributed by atoms with Crippen molar-refractivity contribution in [2.45, 2.75) is 12.8 Å². The molecule has 0 spiro atoms. The van der Waals surface area contributed by atoms with Crippen molar-refractivity contribution >= 4 is 34.8 Å². The fourth-order valence-electron chi connectivity index (χ4n) is 2.52. The molecule has 1 aliphatic rings. The minimum Gasteiger partial charge on any atom is -0.484 e. The van der Waals surface area contributed by atoms with Crippen LogP contribution in [-0.2, 0) is 9.59 Å². The SMILES string of the molecule is O=C(COc1ccc(Cl)cc1)Nc1ccc(N2CCCC2=O)cc1. The van der Waals surface area contributed by atoms with E-state index in [9.17, 15) is 9.59 Å². The van der Waals surface area contributed by atoms with Crippen LogP contribution in [0.5, 0.6) is 5.75 Å². The van der Waals surface area contributed by atoms with Gasteiger partial charge in [-0.2, -0.15) is 0 Å². The van der Waals surface area contributed by atoms with Gasteiger partial charge in [-0.3, -0.25) is 9.59 Å². The van der Waals surface area contributed by atoms with Gasteiger partial charge in [-0.25, -0.2) is 0 Å². The molecule has 6 heteroatoms. The Labute approximate surface area is 145 Å². The van der Waals surface area contributed by atoms with Gasteiger partial charge in [0.2, 0.25) is 5.91 Å². The molecule has 5 nitrogen and oxygen atoms in total. The Morgan fingerprint density at radius 1 is 1.12 bits per heavy atom. The molecule has 2 aromatic rings. The molecule has 1 saturated heterocycles. The Morgan fingerprint density at radius 3 is 2.46 bits per heavy atom. The number of amides is 2. The van der Waals surface area contributed by atoms with E-state index in [2.05, 4.69) is 5.32 Å². The fourth-order valence-corrected chi connectivity index (χ4v) is 2.65. The minimum absolute atomic E-state index is 0.0893. The summed E-state index contributed by atoms with van der Waals surface area (Å²) in [6.45, 7) is 0.660. The summed E-state index contributed by atoms with van der Waals surface area (Å²) in [5.41, 5.74) is 1.52. The van der Waals surface area contributed by atoms with Gasteiger partial charge < -0.3 is 15.0 Å². The van der Waals surface area contributed by atoms with Gasteiger partial charge in [-0.05, 0) is 55.0 Å². The van der Waals surface area contributed by atoms with Crippen molar-refractivity contribution in [3.8, 4) is 5.75 Å². The van der Waals surface area contributed by atoms with Crippen LogP contribution in [0.4, 0.5) is 11.4 Å². The molecular weight excluding hydrogens is 328 g/mol. The first kappa shape index (κ1) is 16.3. The van der Waals surface area contributed by atoms with E-state index in [0.29, 0.717) is 22.9 Å². The van der Waals surface area contributed by atoms with Crippen LogP contribution >= 0.6 is 11.6 Å². The fraction of sp³-hybridized carbons (Fsp3) is 0.222. The second-order valence-corrected chi connectivity index (χ2v) is 5.92. The summed E-state index contributed by atoms with van der Waals surface area (Å²) in [6, 6.07) is 14.0. The molecule has 1 fully saturated rings. The van der Waals surface area contributed by atoms with Gasteiger partial charge in [0.25, 0.3) is 5.91 Å². The zero-order chi connectivity index (χ0) is 16.9. The Hall–Kier alpha value is -2.53. The Bertz CT molecular complexity index is 729. The highest BCUT2D eigenvalue weighted by molar-refractivity contribution is 6.30. The van der Waals surface area contributed by atoms with Gasteiger partial charge in [0, 0.05) is 29.4 Å². The first-order valence-corrected chi connectivity index (χ1v) is 8.08. The number of nitrogens with one attached hydrogen (secondary N) is 1. The predicted molar refractivity (Wildman–Crippen MR) is 93.6 cm³/mol. The van der Waals surface area contributed by atoms with E-state index < -0.39 is 0 Å². The van der Waals surface area contributed by atoms with Crippen LogP contribution in [0.25, 0.3) is 0 Å². The molecule has 0 atom stereocenters. The molecule has 124 valence electrons. The molecule has 1 N–H and O–H groups in total. The number of anilines is 2. The summed E-state index contributed by atoms with van der Waals surface area (Å²) in [7, 11) is 0. The van der Waals surface area contributed by atoms with Crippen LogP contribution in [0, 0.1) is 0 Å². The number of carbonyl (C=O) groups is 2. The van der Waals surface area contributed by atoms with Gasteiger partial charge in [0.1, 0.15) is 5.75 Å². The van der Waals surface area contributed by atoms with E-state index in [4.69, 9.17) is 16.3 Å². The maximum atomic E-state index is 11.9. The molecule has 2 amide bonds. The van der Waals surface area contributed by atoms with Crippen molar-refractivity contribution in [2.75, 3.05) is 23.4 Å². The summed E-state index contributed by atoms with van der Waals surface area (Å²) >= 11 is 5.79. The molecule has 1 aliphatic heterocycles. The highest BCUT2D eigenvalue weighted by Gasteiger charge is 2.21. The molecule has 2 aromatic carbocycles. The average Bonchev–Trinajstić information content (AvgIpc) is 3.01. The first-order valence-electron chi connectivity index (χ1n) is 7.70. The molecule has 0 bridgehead atoms. The van der Waals surface area contributed by atoms with E-state index in [-0.39, 0.29) is 18.4 Å². The zero-order valence-electron chi connectivity index (χ0n) is 13.0. The van der Waals surface area contributed by atoms with Crippen LogP contribution < -0.4 is 15.0 Å². The average molecular weight is 345 g/mol. The number of halogens is 1. The number of nitrogens with zero attached hydrogens (tertiary/aromatic N) is 1. The van der Waals surface area contributed by atoms with E-state index in [1.807, 2.05) is 12.1 Å². The molecule has 0 unspecified atom stereocenters. The third-order valence-corrected chi connectivity index (χ3v) is 3.97. The van der Waals surface area contributed by atoms with Gasteiger partial charge in [-0.15, -0.1) is 0 Å². The molecule has 3 rings (SSSR count). The predicted octanol–water partition coefficient (Wildman–Crippen LogP) is 3.48. The number of carbonyl (C=O) groups excluding carboxylic acids is 2. The molecule has 0 saturated carbocycles. The van der Waals surface area contributed by atoms with Crippen LogP contribution in [0.1, 0.15) is 12.8 Å². The Balaban J connectivity index is 1.52. The lowest BCUT2D eigenvalue weighted by atomic mass is 10.2. The maximum Gasteiger partial charge on any atom is 0.262 e. The van der Waals surface area contributed by atoms with Crippen LogP contribution in [-0.4, -0.2) is 25.0 Å². The third kappa shape index (κ3) is 4.06. The highest BCUT2D eigenvalue weighted by atomic mass is 35.5. The van der Waals surface area contributed by atoms with Crippen molar-refractivity contribution in [1.29, 1.82) is 0 Å². The van der Waals surface area contributed by atoms with Crippen molar-refractivity contribution in [2.24, 2.45) is 0 Å². The lowest BCUT2D eigenvalue weighted by Crippen LogP contribution is -2.23. The minimum atomic E-state index is -0.255. The smallest absolute Gasteiger partial charge is 0.262 e. The van der Waals surface area contributed by atoms with Gasteiger partial charge in [0.15, 0.2) is 6.61 Å². The summed E-state index contributed by atoms with van der Waals surface area (Å²) < 4.78 is 5.39. The van der Waals surface area contributed by atoms with Crippen molar-refractivity contribution < 1.29 is 14.3 Å². The largest absolute Gasteiger partial charge is 0.484 e. The first-order chi connectivity index (χ1) is 11.6. The van der Waals surface area contributed by atoms with E-state index in [1.54, 1.807) is 41.3 Å².